The van der Waals surface area contributed by atoms with E-state index < -0.39 is 17.0 Å². The minimum Gasteiger partial charge on any atom is -0.379 e. The number of nitrogens with zero attached hydrogens (tertiary/aromatic N) is 3. The summed E-state index contributed by atoms with van der Waals surface area (Å²) < 4.78 is 6.12. The number of carbonyl (C=O) groups is 2. The van der Waals surface area contributed by atoms with Gasteiger partial charge in [-0.3, -0.25) is 24.7 Å². The number of aromatic nitrogens is 1. The Morgan fingerprint density at radius 2 is 1.90 bits per heavy atom. The second-order valence-electron chi connectivity index (χ2n) is 10.5. The number of anilines is 1. The fourth-order valence-electron chi connectivity index (χ4n) is 5.53. The number of carbonyl (C=O) groups excluding carboxylic acids is 2. The van der Waals surface area contributed by atoms with Crippen molar-refractivity contribution in [1.82, 2.24) is 20.5 Å². The van der Waals surface area contributed by atoms with Crippen LogP contribution in [0.1, 0.15) is 41.0 Å². The number of benzene rings is 2. The van der Waals surface area contributed by atoms with Crippen molar-refractivity contribution in [2.45, 2.75) is 44.4 Å². The molecule has 0 unspecified atom stereocenters. The van der Waals surface area contributed by atoms with E-state index in [4.69, 9.17) is 16.3 Å². The summed E-state index contributed by atoms with van der Waals surface area (Å²) in [5, 5.41) is 23.8. The number of halogens is 2. The largest absolute Gasteiger partial charge is 0.379 e. The van der Waals surface area contributed by atoms with E-state index in [1.54, 1.807) is 35.4 Å². The van der Waals surface area contributed by atoms with Crippen LogP contribution in [0.15, 0.2) is 47.2 Å². The number of nitro benzene ring substituents is 1. The lowest BCUT2D eigenvalue weighted by Gasteiger charge is -2.37. The van der Waals surface area contributed by atoms with Gasteiger partial charge in [-0.2, -0.15) is 0 Å². The normalized spacial score (nSPS) is 22.8. The zero-order valence-corrected chi connectivity index (χ0v) is 24.9. The first-order valence-corrected chi connectivity index (χ1v) is 14.5. The molecular formula is C28H30BrClN6O5. The predicted octanol–water partition coefficient (Wildman–Crippen LogP) is 4.38. The van der Waals surface area contributed by atoms with Gasteiger partial charge in [0.05, 0.1) is 34.7 Å². The summed E-state index contributed by atoms with van der Waals surface area (Å²) in [7, 11) is 0. The maximum atomic E-state index is 13.8. The zero-order chi connectivity index (χ0) is 29.3. The van der Waals surface area contributed by atoms with E-state index in [2.05, 4.69) is 36.9 Å². The van der Waals surface area contributed by atoms with E-state index in [0.29, 0.717) is 46.6 Å². The summed E-state index contributed by atoms with van der Waals surface area (Å²) in [5.74, 6) is -0.649. The predicted molar refractivity (Wildman–Crippen MR) is 160 cm³/mol. The Morgan fingerprint density at radius 1 is 1.15 bits per heavy atom. The van der Waals surface area contributed by atoms with Gasteiger partial charge in [0, 0.05) is 65.1 Å². The lowest BCUT2D eigenvalue weighted by molar-refractivity contribution is -0.384. The number of rotatable bonds is 6. The lowest BCUT2D eigenvalue weighted by atomic mass is 10.00. The van der Waals surface area contributed by atoms with Crippen molar-refractivity contribution in [3.8, 4) is 0 Å². The summed E-state index contributed by atoms with van der Waals surface area (Å²) in [4.78, 5) is 44.8. The molecule has 0 radical (unpaired) electrons. The first-order valence-electron chi connectivity index (χ1n) is 13.3. The summed E-state index contributed by atoms with van der Waals surface area (Å²) >= 11 is 9.45. The molecule has 0 bridgehead atoms. The van der Waals surface area contributed by atoms with Crippen LogP contribution in [0.25, 0.3) is 10.8 Å². The quantitative estimate of drug-likeness (QED) is 0.265. The smallest absolute Gasteiger partial charge is 0.294 e. The Kier molecular flexibility index (Phi) is 8.74. The number of nitrogens with one attached hydrogen (secondary N) is 3. The molecular weight excluding hydrogens is 616 g/mol. The first kappa shape index (κ1) is 29.2. The Hall–Kier alpha value is -3.32. The molecule has 0 aliphatic carbocycles. The van der Waals surface area contributed by atoms with Crippen LogP contribution in [-0.2, 0) is 4.74 Å². The number of fused-ring (bicyclic) bond motifs is 1. The molecule has 11 nitrogen and oxygen atoms in total. The second-order valence-corrected chi connectivity index (χ2v) is 11.9. The molecule has 5 rings (SSSR count). The Morgan fingerprint density at radius 3 is 2.63 bits per heavy atom. The average molecular weight is 646 g/mol. The van der Waals surface area contributed by atoms with Gasteiger partial charge in [-0.25, -0.2) is 0 Å². The molecule has 2 aliphatic rings. The highest BCUT2D eigenvalue weighted by molar-refractivity contribution is 9.10. The van der Waals surface area contributed by atoms with Crippen molar-refractivity contribution in [3.05, 3.63) is 73.5 Å². The Labute approximate surface area is 250 Å². The van der Waals surface area contributed by atoms with Gasteiger partial charge in [0.25, 0.3) is 17.5 Å². The van der Waals surface area contributed by atoms with Crippen LogP contribution in [0, 0.1) is 10.1 Å². The van der Waals surface area contributed by atoms with Crippen molar-refractivity contribution in [1.29, 1.82) is 0 Å². The van der Waals surface area contributed by atoms with E-state index in [1.165, 1.54) is 12.3 Å². The molecule has 2 amide bonds. The SMILES string of the molecule is C[C@@H]1CN(C(=O)c2cc(Br)cc([N+](=O)[O-])c2N[C@@H]2COCC[C@@H]2NC(=O)c2cncc3cc(Cl)ccc23)C[C@H](C)N1. The highest BCUT2D eigenvalue weighted by Crippen LogP contribution is 2.35. The van der Waals surface area contributed by atoms with Crippen molar-refractivity contribution in [2.75, 3.05) is 31.6 Å². The molecule has 2 aromatic carbocycles. The molecule has 3 heterocycles. The van der Waals surface area contributed by atoms with Crippen LogP contribution < -0.4 is 16.0 Å². The van der Waals surface area contributed by atoms with Crippen LogP contribution in [0.4, 0.5) is 11.4 Å². The third-order valence-corrected chi connectivity index (χ3v) is 8.02. The number of ether oxygens (including phenoxy) is 1. The maximum Gasteiger partial charge on any atom is 0.294 e. The van der Waals surface area contributed by atoms with Gasteiger partial charge in [0.1, 0.15) is 5.69 Å². The third-order valence-electron chi connectivity index (χ3n) is 7.32. The standard InChI is InChI=1S/C28H30BrClN6O5/c1-15-12-35(13-16(2)32-15)28(38)21-8-18(29)9-25(36(39)40)26(21)33-24-14-41-6-5-23(24)34-27(37)22-11-31-10-17-7-19(30)3-4-20(17)22/h3-4,7-11,15-16,23-24,32-33H,5-6,12-14H2,1-2H3,(H,34,37)/t15-,16+,23-,24+/m0/s1. The van der Waals surface area contributed by atoms with E-state index in [1.807, 2.05) is 13.8 Å². The number of nitro groups is 1. The molecule has 0 saturated carbocycles. The third kappa shape index (κ3) is 6.45. The molecule has 3 aromatic rings. The van der Waals surface area contributed by atoms with Crippen molar-refractivity contribution >= 4 is 61.5 Å². The molecule has 1 aromatic heterocycles. The summed E-state index contributed by atoms with van der Waals surface area (Å²) in [6.45, 7) is 5.50. The zero-order valence-electron chi connectivity index (χ0n) is 22.5. The number of pyridine rings is 1. The topological polar surface area (TPSA) is 139 Å². The Balaban J connectivity index is 1.45. The molecule has 2 saturated heterocycles. The number of hydrogen-bond donors (Lipinski definition) is 3. The van der Waals surface area contributed by atoms with Crippen molar-refractivity contribution in [3.63, 3.8) is 0 Å². The van der Waals surface area contributed by atoms with Crippen molar-refractivity contribution < 1.29 is 19.2 Å². The van der Waals surface area contributed by atoms with E-state index in [0.717, 1.165) is 5.39 Å². The van der Waals surface area contributed by atoms with Gasteiger partial charge in [0.2, 0.25) is 0 Å². The van der Waals surface area contributed by atoms with Crippen LogP contribution in [0.5, 0.6) is 0 Å². The minimum atomic E-state index is -0.544. The molecule has 41 heavy (non-hydrogen) atoms. The number of hydrogen-bond acceptors (Lipinski definition) is 8. The highest BCUT2D eigenvalue weighted by Gasteiger charge is 2.34. The molecule has 216 valence electrons. The van der Waals surface area contributed by atoms with Crippen LogP contribution in [0.3, 0.4) is 0 Å². The van der Waals surface area contributed by atoms with Crippen LogP contribution in [-0.4, -0.2) is 77.1 Å². The summed E-state index contributed by atoms with van der Waals surface area (Å²) in [5.41, 5.74) is 0.415. The minimum absolute atomic E-state index is 0.0761. The lowest BCUT2D eigenvalue weighted by Crippen LogP contribution is -2.56. The molecule has 3 N–H and O–H groups in total. The number of piperazine rings is 1. The second kappa shape index (κ2) is 12.3. The molecule has 4 atom stereocenters. The average Bonchev–Trinajstić information content (AvgIpc) is 2.93. The van der Waals surface area contributed by atoms with E-state index in [9.17, 15) is 19.7 Å². The van der Waals surface area contributed by atoms with Gasteiger partial charge in [-0.15, -0.1) is 0 Å². The van der Waals surface area contributed by atoms with E-state index in [-0.39, 0.29) is 47.4 Å². The molecule has 2 aliphatic heterocycles. The maximum absolute atomic E-state index is 13.8. The highest BCUT2D eigenvalue weighted by atomic mass is 79.9. The molecule has 13 heteroatoms. The van der Waals surface area contributed by atoms with Gasteiger partial charge in [-0.05, 0) is 43.9 Å². The van der Waals surface area contributed by atoms with Crippen molar-refractivity contribution in [2.24, 2.45) is 0 Å². The fourth-order valence-corrected chi connectivity index (χ4v) is 6.16. The van der Waals surface area contributed by atoms with E-state index >= 15 is 0 Å². The van der Waals surface area contributed by atoms with Gasteiger partial charge in [0.15, 0.2) is 0 Å². The Bertz CT molecular complexity index is 1500. The molecule has 2 fully saturated rings. The van der Waals surface area contributed by atoms with Crippen LogP contribution >= 0.6 is 27.5 Å². The first-order chi connectivity index (χ1) is 19.6. The fraction of sp³-hybridized carbons (Fsp3) is 0.393. The van der Waals surface area contributed by atoms with Gasteiger partial charge >= 0.3 is 0 Å². The van der Waals surface area contributed by atoms with Gasteiger partial charge in [-0.1, -0.05) is 33.6 Å². The number of amides is 2. The monoisotopic (exact) mass is 644 g/mol. The van der Waals surface area contributed by atoms with Crippen LogP contribution in [0.2, 0.25) is 5.02 Å². The molecule has 0 spiro atoms. The van der Waals surface area contributed by atoms with Gasteiger partial charge < -0.3 is 25.6 Å². The summed E-state index contributed by atoms with van der Waals surface area (Å²) in [6.07, 6.45) is 3.61. The summed E-state index contributed by atoms with van der Waals surface area (Å²) in [6, 6.07) is 7.36.